The first-order valence-electron chi connectivity index (χ1n) is 4.15. The summed E-state index contributed by atoms with van der Waals surface area (Å²) >= 11 is 0. The average Bonchev–Trinajstić information content (AvgIpc) is 2.52. The summed E-state index contributed by atoms with van der Waals surface area (Å²) in [7, 11) is -1.24. The lowest BCUT2D eigenvalue weighted by Crippen LogP contribution is -2.21. The fourth-order valence-electron chi connectivity index (χ4n) is 0.873. The SMILES string of the molecule is C=CCN1C=CN(C)C1.COS(=O)(=O)O. The molecule has 0 aromatic carbocycles. The van der Waals surface area contributed by atoms with Gasteiger partial charge in [0, 0.05) is 26.0 Å². The first-order valence-corrected chi connectivity index (χ1v) is 5.52. The highest BCUT2D eigenvalue weighted by Gasteiger charge is 2.04. The predicted octanol–water partition coefficient (Wildman–Crippen LogP) is 0.284. The van der Waals surface area contributed by atoms with Crippen LogP contribution in [0.5, 0.6) is 0 Å². The third-order valence-electron chi connectivity index (χ3n) is 1.51. The van der Waals surface area contributed by atoms with Gasteiger partial charge >= 0.3 is 10.4 Å². The van der Waals surface area contributed by atoms with Crippen LogP contribution in [-0.4, -0.2) is 50.1 Å². The van der Waals surface area contributed by atoms with E-state index in [1.54, 1.807) is 0 Å². The van der Waals surface area contributed by atoms with Crippen LogP contribution in [-0.2, 0) is 14.6 Å². The quantitative estimate of drug-likeness (QED) is 0.561. The highest BCUT2D eigenvalue weighted by Crippen LogP contribution is 2.01. The molecule has 7 heteroatoms. The zero-order chi connectivity index (χ0) is 11.9. The molecule has 0 aromatic heterocycles. The molecule has 0 saturated carbocycles. The smallest absolute Gasteiger partial charge is 0.362 e. The Bertz CT molecular complexity index is 313. The van der Waals surface area contributed by atoms with Crippen LogP contribution in [0.25, 0.3) is 0 Å². The molecule has 0 spiro atoms. The molecule has 0 atom stereocenters. The molecule has 15 heavy (non-hydrogen) atoms. The van der Waals surface area contributed by atoms with Gasteiger partial charge in [0.15, 0.2) is 0 Å². The molecule has 88 valence electrons. The standard InChI is InChI=1S/C7H12N2.CH4O4S/c1-3-4-9-6-5-8(2)7-9;1-5-6(2,3)4/h3,5-6H,1,4,7H2,2H3;1H3,(H,2,3,4). The fourth-order valence-corrected chi connectivity index (χ4v) is 0.873. The second-order valence-electron chi connectivity index (χ2n) is 2.85. The van der Waals surface area contributed by atoms with Gasteiger partial charge in [-0.15, -0.1) is 6.58 Å². The summed E-state index contributed by atoms with van der Waals surface area (Å²) in [4.78, 5) is 4.32. The molecule has 0 amide bonds. The zero-order valence-corrected chi connectivity index (χ0v) is 9.64. The minimum atomic E-state index is -4.16. The molecule has 0 aliphatic carbocycles. The van der Waals surface area contributed by atoms with Gasteiger partial charge in [-0.25, -0.2) is 0 Å². The number of rotatable bonds is 3. The van der Waals surface area contributed by atoms with E-state index < -0.39 is 10.4 Å². The van der Waals surface area contributed by atoms with E-state index in [1.165, 1.54) is 0 Å². The van der Waals surface area contributed by atoms with E-state index in [1.807, 2.05) is 6.08 Å². The molecule has 0 aromatic rings. The van der Waals surface area contributed by atoms with Crippen molar-refractivity contribution in [3.8, 4) is 0 Å². The van der Waals surface area contributed by atoms with Gasteiger partial charge in [0.05, 0.1) is 13.8 Å². The Morgan fingerprint density at radius 1 is 1.60 bits per heavy atom. The molecule has 1 aliphatic heterocycles. The van der Waals surface area contributed by atoms with Gasteiger partial charge in [-0.3, -0.25) is 8.74 Å². The van der Waals surface area contributed by atoms with Gasteiger partial charge in [-0.05, 0) is 0 Å². The maximum absolute atomic E-state index is 9.33. The van der Waals surface area contributed by atoms with Gasteiger partial charge in [0.25, 0.3) is 0 Å². The van der Waals surface area contributed by atoms with Crippen molar-refractivity contribution in [1.82, 2.24) is 9.80 Å². The summed E-state index contributed by atoms with van der Waals surface area (Å²) in [5, 5.41) is 0. The lowest BCUT2D eigenvalue weighted by Gasteiger charge is -2.15. The van der Waals surface area contributed by atoms with E-state index in [2.05, 4.69) is 40.0 Å². The van der Waals surface area contributed by atoms with Crippen molar-refractivity contribution in [2.24, 2.45) is 0 Å². The van der Waals surface area contributed by atoms with Crippen molar-refractivity contribution >= 4 is 10.4 Å². The topological polar surface area (TPSA) is 70.1 Å². The Kier molecular flexibility index (Phi) is 5.99. The van der Waals surface area contributed by atoms with Gasteiger partial charge in [-0.2, -0.15) is 8.42 Å². The number of hydrogen-bond donors (Lipinski definition) is 1. The van der Waals surface area contributed by atoms with Crippen LogP contribution in [0.1, 0.15) is 0 Å². The Balaban J connectivity index is 0.000000288. The fraction of sp³-hybridized carbons (Fsp3) is 0.500. The maximum Gasteiger partial charge on any atom is 0.397 e. The third kappa shape index (κ3) is 7.98. The van der Waals surface area contributed by atoms with Crippen molar-refractivity contribution in [3.63, 3.8) is 0 Å². The Morgan fingerprint density at radius 2 is 2.13 bits per heavy atom. The Morgan fingerprint density at radius 3 is 2.40 bits per heavy atom. The minimum absolute atomic E-state index is 0.870. The van der Waals surface area contributed by atoms with Crippen molar-refractivity contribution in [3.05, 3.63) is 25.1 Å². The second-order valence-corrected chi connectivity index (χ2v) is 4.04. The number of nitrogens with zero attached hydrogens (tertiary/aromatic N) is 2. The van der Waals surface area contributed by atoms with Crippen LogP contribution in [0.2, 0.25) is 0 Å². The second kappa shape index (κ2) is 6.44. The molecule has 1 aliphatic rings. The first kappa shape index (κ1) is 13.9. The molecule has 1 N–H and O–H groups in total. The monoisotopic (exact) mass is 236 g/mol. The van der Waals surface area contributed by atoms with E-state index in [0.29, 0.717) is 0 Å². The Hall–Kier alpha value is -1.05. The normalized spacial score (nSPS) is 14.9. The van der Waals surface area contributed by atoms with E-state index in [0.717, 1.165) is 20.3 Å². The van der Waals surface area contributed by atoms with Gasteiger partial charge in [-0.1, -0.05) is 6.08 Å². The van der Waals surface area contributed by atoms with E-state index in [4.69, 9.17) is 4.55 Å². The molecule has 0 bridgehead atoms. The molecule has 0 radical (unpaired) electrons. The molecule has 1 heterocycles. The van der Waals surface area contributed by atoms with Crippen LogP contribution in [0.4, 0.5) is 0 Å². The van der Waals surface area contributed by atoms with Gasteiger partial charge in [0.1, 0.15) is 0 Å². The maximum atomic E-state index is 9.33. The summed E-state index contributed by atoms with van der Waals surface area (Å²) < 4.78 is 29.7. The summed E-state index contributed by atoms with van der Waals surface area (Å²) in [6, 6.07) is 0. The Labute approximate surface area is 90.4 Å². The summed E-state index contributed by atoms with van der Waals surface area (Å²) in [5.41, 5.74) is 0. The molecular formula is C8H16N2O4S. The summed E-state index contributed by atoms with van der Waals surface area (Å²) in [6.07, 6.45) is 6.04. The largest absolute Gasteiger partial charge is 0.397 e. The summed E-state index contributed by atoms with van der Waals surface area (Å²) in [5.74, 6) is 0. The molecule has 0 saturated heterocycles. The molecule has 0 unspecified atom stereocenters. The summed E-state index contributed by atoms with van der Waals surface area (Å²) in [6.45, 7) is 5.59. The van der Waals surface area contributed by atoms with Crippen molar-refractivity contribution in [2.75, 3.05) is 27.4 Å². The van der Waals surface area contributed by atoms with Gasteiger partial charge in [0.2, 0.25) is 0 Å². The first-order chi connectivity index (χ1) is 6.89. The third-order valence-corrected chi connectivity index (χ3v) is 1.93. The highest BCUT2D eigenvalue weighted by atomic mass is 32.3. The lowest BCUT2D eigenvalue weighted by atomic mass is 10.6. The molecular weight excluding hydrogens is 220 g/mol. The van der Waals surface area contributed by atoms with Crippen LogP contribution in [0.3, 0.4) is 0 Å². The molecule has 1 rings (SSSR count). The molecule has 0 fully saturated rings. The average molecular weight is 236 g/mol. The van der Waals surface area contributed by atoms with Gasteiger partial charge < -0.3 is 9.80 Å². The predicted molar refractivity (Wildman–Crippen MR) is 57.2 cm³/mol. The number of hydrogen-bond acceptors (Lipinski definition) is 5. The van der Waals surface area contributed by atoms with E-state index >= 15 is 0 Å². The van der Waals surface area contributed by atoms with Crippen LogP contribution >= 0.6 is 0 Å². The lowest BCUT2D eigenvalue weighted by molar-refractivity contribution is 0.318. The van der Waals surface area contributed by atoms with Crippen molar-refractivity contribution < 1.29 is 17.2 Å². The molecule has 6 nitrogen and oxygen atoms in total. The van der Waals surface area contributed by atoms with E-state index in [-0.39, 0.29) is 0 Å². The van der Waals surface area contributed by atoms with Crippen LogP contribution in [0, 0.1) is 0 Å². The van der Waals surface area contributed by atoms with Crippen molar-refractivity contribution in [2.45, 2.75) is 0 Å². The van der Waals surface area contributed by atoms with Crippen LogP contribution < -0.4 is 0 Å². The van der Waals surface area contributed by atoms with Crippen molar-refractivity contribution in [1.29, 1.82) is 0 Å². The van der Waals surface area contributed by atoms with E-state index in [9.17, 15) is 8.42 Å². The minimum Gasteiger partial charge on any atom is -0.362 e. The highest BCUT2D eigenvalue weighted by molar-refractivity contribution is 7.80. The zero-order valence-electron chi connectivity index (χ0n) is 8.83. The van der Waals surface area contributed by atoms with Crippen LogP contribution in [0.15, 0.2) is 25.1 Å².